The van der Waals surface area contributed by atoms with E-state index < -0.39 is 0 Å². The fourth-order valence-corrected chi connectivity index (χ4v) is 7.13. The number of benzene rings is 1. The second-order valence-electron chi connectivity index (χ2n) is 7.00. The normalized spacial score (nSPS) is 24.4. The predicted octanol–water partition coefficient (Wildman–Crippen LogP) is 5.59. The maximum absolute atomic E-state index is 4.24. The first-order chi connectivity index (χ1) is 11.6. The molecule has 0 aliphatic carbocycles. The smallest absolute Gasteiger partial charge is 0.0946 e. The molecule has 0 amide bonds. The van der Waals surface area contributed by atoms with Gasteiger partial charge >= 0.3 is 0 Å². The van der Waals surface area contributed by atoms with E-state index in [1.165, 1.54) is 29.7 Å². The molecule has 2 atom stereocenters. The highest BCUT2D eigenvalue weighted by atomic mass is 32.2. The highest BCUT2D eigenvalue weighted by Gasteiger charge is 2.38. The van der Waals surface area contributed by atoms with Crippen LogP contribution >= 0.6 is 23.5 Å². The summed E-state index contributed by atoms with van der Waals surface area (Å²) in [6.07, 6.45) is 9.67. The molecule has 0 bridgehead atoms. The first kappa shape index (κ1) is 17.9. The largest absolute Gasteiger partial charge is 0.335 e. The van der Waals surface area contributed by atoms with E-state index >= 15 is 0 Å². The zero-order valence-electron chi connectivity index (χ0n) is 14.9. The molecule has 24 heavy (non-hydrogen) atoms. The summed E-state index contributed by atoms with van der Waals surface area (Å²) in [6, 6.07) is 9.28. The Kier molecular flexibility index (Phi) is 5.98. The number of thioether (sulfide) groups is 2. The number of nitrogens with zero attached hydrogens (tertiary/aromatic N) is 2. The maximum atomic E-state index is 4.24. The zero-order valence-corrected chi connectivity index (χ0v) is 16.6. The summed E-state index contributed by atoms with van der Waals surface area (Å²) in [4.78, 5) is 4.24. The molecular formula is C20H28N2S2. The first-order valence-electron chi connectivity index (χ1n) is 8.96. The predicted molar refractivity (Wildman–Crippen MR) is 108 cm³/mol. The van der Waals surface area contributed by atoms with E-state index in [4.69, 9.17) is 0 Å². The van der Waals surface area contributed by atoms with Crippen LogP contribution in [0, 0.1) is 0 Å². The lowest BCUT2D eigenvalue weighted by molar-refractivity contribution is 0.608. The third-order valence-electron chi connectivity index (χ3n) is 4.74. The lowest BCUT2D eigenvalue weighted by atomic mass is 10.00. The average Bonchev–Trinajstić information content (AvgIpc) is 3.08. The van der Waals surface area contributed by atoms with Crippen LogP contribution in [0.1, 0.15) is 50.7 Å². The van der Waals surface area contributed by atoms with Crippen LogP contribution in [0.5, 0.6) is 0 Å². The van der Waals surface area contributed by atoms with Gasteiger partial charge in [0.05, 0.1) is 10.4 Å². The topological polar surface area (TPSA) is 17.8 Å². The lowest BCUT2D eigenvalue weighted by Crippen LogP contribution is -2.35. The summed E-state index contributed by atoms with van der Waals surface area (Å²) in [5.41, 5.74) is 2.88. The van der Waals surface area contributed by atoms with Gasteiger partial charge in [0.15, 0.2) is 0 Å². The fraction of sp³-hybridized carbons (Fsp3) is 0.550. The summed E-state index contributed by atoms with van der Waals surface area (Å²) >= 11 is 4.34. The van der Waals surface area contributed by atoms with Gasteiger partial charge in [-0.1, -0.05) is 45.0 Å². The molecule has 1 aromatic heterocycles. The van der Waals surface area contributed by atoms with Gasteiger partial charge in [-0.2, -0.15) is 0 Å². The average molecular weight is 361 g/mol. The molecule has 3 rings (SSSR count). The molecule has 2 heterocycles. The Morgan fingerprint density at radius 2 is 2.08 bits per heavy atom. The highest BCUT2D eigenvalue weighted by molar-refractivity contribution is 8.19. The summed E-state index contributed by atoms with van der Waals surface area (Å²) in [6.45, 7) is 7.88. The van der Waals surface area contributed by atoms with Gasteiger partial charge in [0, 0.05) is 24.2 Å². The van der Waals surface area contributed by atoms with E-state index in [-0.39, 0.29) is 4.08 Å². The van der Waals surface area contributed by atoms with E-state index in [2.05, 4.69) is 84.3 Å². The number of hydrogen-bond donors (Lipinski definition) is 0. The molecule has 1 aliphatic heterocycles. The maximum Gasteiger partial charge on any atom is 0.0946 e. The second kappa shape index (κ2) is 8.01. The minimum absolute atomic E-state index is 0.221. The third kappa shape index (κ3) is 4.40. The Morgan fingerprint density at radius 3 is 2.71 bits per heavy atom. The molecule has 2 aromatic rings. The molecule has 2 nitrogen and oxygen atoms in total. The zero-order chi connectivity index (χ0) is 17.0. The number of rotatable bonds is 6. The quantitative estimate of drug-likeness (QED) is 0.668. The Labute approximate surface area is 154 Å². The van der Waals surface area contributed by atoms with Crippen molar-refractivity contribution in [2.75, 3.05) is 5.75 Å². The minimum atomic E-state index is 0.221. The highest BCUT2D eigenvalue weighted by Crippen LogP contribution is 2.49. The summed E-state index contributed by atoms with van der Waals surface area (Å²) in [5.74, 6) is 1.87. The van der Waals surface area contributed by atoms with E-state index in [1.54, 1.807) is 0 Å². The van der Waals surface area contributed by atoms with Crippen molar-refractivity contribution >= 4 is 23.5 Å². The standard InChI is InChI=1S/C20H28N2S2/c1-4-19-9-12-23-20(24-19,14-22-11-10-21-15-22)13-17-5-7-18(8-6-17)16(2)3/h5-8,10-11,15-16,19H,4,9,12-14H2,1-3H3. The molecule has 1 aromatic carbocycles. The SMILES string of the molecule is CCC1CCSC(Cc2ccc(C(C)C)cc2)(Cn2ccnc2)S1. The fourth-order valence-electron chi connectivity index (χ4n) is 3.28. The first-order valence-corrected chi connectivity index (χ1v) is 10.8. The summed E-state index contributed by atoms with van der Waals surface area (Å²) in [7, 11) is 0. The third-order valence-corrected chi connectivity index (χ3v) is 8.23. The molecule has 1 fully saturated rings. The van der Waals surface area contributed by atoms with Crippen molar-refractivity contribution in [3.05, 3.63) is 54.1 Å². The molecule has 4 heteroatoms. The van der Waals surface area contributed by atoms with Crippen LogP contribution in [0.25, 0.3) is 0 Å². The summed E-state index contributed by atoms with van der Waals surface area (Å²) < 4.78 is 2.47. The van der Waals surface area contributed by atoms with Gasteiger partial charge in [-0.25, -0.2) is 4.98 Å². The molecule has 0 saturated carbocycles. The molecule has 130 valence electrons. The van der Waals surface area contributed by atoms with Crippen LogP contribution in [0.4, 0.5) is 0 Å². The van der Waals surface area contributed by atoms with Crippen molar-refractivity contribution in [2.45, 2.75) is 61.8 Å². The molecule has 0 spiro atoms. The lowest BCUT2D eigenvalue weighted by Gasteiger charge is -2.40. The van der Waals surface area contributed by atoms with Crippen LogP contribution in [-0.2, 0) is 13.0 Å². The Morgan fingerprint density at radius 1 is 1.29 bits per heavy atom. The summed E-state index contributed by atoms with van der Waals surface area (Å²) in [5, 5.41) is 0.782. The van der Waals surface area contributed by atoms with Crippen molar-refractivity contribution in [1.82, 2.24) is 9.55 Å². The van der Waals surface area contributed by atoms with Gasteiger partial charge in [-0.15, -0.1) is 23.5 Å². The van der Waals surface area contributed by atoms with Gasteiger partial charge in [-0.3, -0.25) is 0 Å². The van der Waals surface area contributed by atoms with Gasteiger partial charge in [0.1, 0.15) is 0 Å². The second-order valence-corrected chi connectivity index (χ2v) is 10.4. The van der Waals surface area contributed by atoms with E-state index in [9.17, 15) is 0 Å². The van der Waals surface area contributed by atoms with Crippen LogP contribution in [-0.4, -0.2) is 24.6 Å². The minimum Gasteiger partial charge on any atom is -0.335 e. The van der Waals surface area contributed by atoms with Crippen LogP contribution < -0.4 is 0 Å². The molecule has 2 unspecified atom stereocenters. The number of hydrogen-bond acceptors (Lipinski definition) is 3. The molecule has 0 radical (unpaired) electrons. The van der Waals surface area contributed by atoms with Crippen LogP contribution in [0.2, 0.25) is 0 Å². The number of aromatic nitrogens is 2. The molecule has 0 N–H and O–H groups in total. The van der Waals surface area contributed by atoms with Crippen molar-refractivity contribution in [3.63, 3.8) is 0 Å². The van der Waals surface area contributed by atoms with E-state index in [1.807, 2.05) is 12.5 Å². The van der Waals surface area contributed by atoms with Gasteiger partial charge in [0.25, 0.3) is 0 Å². The molecule has 1 aliphatic rings. The Hall–Kier alpha value is -0.870. The van der Waals surface area contributed by atoms with Gasteiger partial charge in [0.2, 0.25) is 0 Å². The van der Waals surface area contributed by atoms with Crippen molar-refractivity contribution in [3.8, 4) is 0 Å². The molecule has 1 saturated heterocycles. The van der Waals surface area contributed by atoms with Crippen molar-refractivity contribution < 1.29 is 0 Å². The number of imidazole rings is 1. The Balaban J connectivity index is 1.81. The van der Waals surface area contributed by atoms with Crippen LogP contribution in [0.15, 0.2) is 43.0 Å². The van der Waals surface area contributed by atoms with Gasteiger partial charge < -0.3 is 4.57 Å². The van der Waals surface area contributed by atoms with Crippen molar-refractivity contribution in [2.24, 2.45) is 0 Å². The van der Waals surface area contributed by atoms with E-state index in [0.29, 0.717) is 5.92 Å². The Bertz CT molecular complexity index is 622. The van der Waals surface area contributed by atoms with Crippen LogP contribution in [0.3, 0.4) is 0 Å². The van der Waals surface area contributed by atoms with E-state index in [0.717, 1.165) is 18.2 Å². The molecular weight excluding hydrogens is 332 g/mol. The van der Waals surface area contributed by atoms with Crippen molar-refractivity contribution in [1.29, 1.82) is 0 Å². The monoisotopic (exact) mass is 360 g/mol. The van der Waals surface area contributed by atoms with Gasteiger partial charge in [-0.05, 0) is 42.1 Å².